The van der Waals surface area contributed by atoms with Crippen LogP contribution in [0, 0.1) is 0 Å². The van der Waals surface area contributed by atoms with Crippen LogP contribution in [0.3, 0.4) is 0 Å². The smallest absolute Gasteiger partial charge is 0.226 e. The van der Waals surface area contributed by atoms with E-state index < -0.39 is 0 Å². The summed E-state index contributed by atoms with van der Waals surface area (Å²) in [6, 6.07) is 7.45. The van der Waals surface area contributed by atoms with Crippen molar-refractivity contribution < 1.29 is 4.79 Å². The van der Waals surface area contributed by atoms with Gasteiger partial charge in [0.1, 0.15) is 0 Å². The molecule has 0 atom stereocenters. The second-order valence-corrected chi connectivity index (χ2v) is 3.49. The van der Waals surface area contributed by atoms with Crippen molar-refractivity contribution in [3.8, 4) is 0 Å². The Bertz CT molecular complexity index is 336. The molecule has 1 aromatic carbocycles. The quantitative estimate of drug-likeness (QED) is 0.769. The molecule has 0 saturated carbocycles. The van der Waals surface area contributed by atoms with Crippen LogP contribution in [-0.2, 0) is 4.79 Å². The van der Waals surface area contributed by atoms with Crippen molar-refractivity contribution in [3.63, 3.8) is 0 Å². The van der Waals surface area contributed by atoms with E-state index in [1.54, 1.807) is 4.90 Å². The summed E-state index contributed by atoms with van der Waals surface area (Å²) in [4.78, 5) is 13.5. The predicted molar refractivity (Wildman–Crippen MR) is 63.8 cm³/mol. The van der Waals surface area contributed by atoms with Gasteiger partial charge in [-0.15, -0.1) is 0 Å². The summed E-state index contributed by atoms with van der Waals surface area (Å²) in [6.07, 6.45) is 1.47. The van der Waals surface area contributed by atoms with E-state index in [2.05, 4.69) is 6.92 Å². The number of carbonyl (C=O) groups excluding carboxylic acids is 1. The molecule has 0 aliphatic rings. The van der Waals surface area contributed by atoms with Gasteiger partial charge in [-0.25, -0.2) is 0 Å². The monoisotopic (exact) mass is 206 g/mol. The summed E-state index contributed by atoms with van der Waals surface area (Å²) in [5.74, 6) is 0.141. The van der Waals surface area contributed by atoms with Crippen LogP contribution in [0.2, 0.25) is 0 Å². The zero-order chi connectivity index (χ0) is 11.3. The molecular weight excluding hydrogens is 188 g/mol. The molecule has 0 fully saturated rings. The number of anilines is 2. The number of nitrogen functional groups attached to an aromatic ring is 1. The fourth-order valence-corrected chi connectivity index (χ4v) is 1.50. The molecule has 3 heteroatoms. The summed E-state index contributed by atoms with van der Waals surface area (Å²) in [6.45, 7) is 4.68. The number of rotatable bonds is 4. The fraction of sp³-hybridized carbons (Fsp3) is 0.417. The summed E-state index contributed by atoms with van der Waals surface area (Å²) < 4.78 is 0. The van der Waals surface area contributed by atoms with Crippen molar-refractivity contribution in [1.29, 1.82) is 0 Å². The molecule has 0 aliphatic carbocycles. The first-order valence-corrected chi connectivity index (χ1v) is 5.35. The van der Waals surface area contributed by atoms with Crippen molar-refractivity contribution in [3.05, 3.63) is 24.3 Å². The maximum absolute atomic E-state index is 11.7. The maximum Gasteiger partial charge on any atom is 0.226 e. The van der Waals surface area contributed by atoms with Gasteiger partial charge in [-0.2, -0.15) is 0 Å². The third-order valence-electron chi connectivity index (χ3n) is 2.23. The summed E-state index contributed by atoms with van der Waals surface area (Å²) in [5.41, 5.74) is 7.28. The molecule has 1 amide bonds. The minimum absolute atomic E-state index is 0.141. The summed E-state index contributed by atoms with van der Waals surface area (Å²) >= 11 is 0. The van der Waals surface area contributed by atoms with Gasteiger partial charge in [0.15, 0.2) is 0 Å². The molecule has 0 aromatic heterocycles. The second kappa shape index (κ2) is 5.39. The van der Waals surface area contributed by atoms with E-state index in [0.29, 0.717) is 12.1 Å². The van der Waals surface area contributed by atoms with Crippen molar-refractivity contribution in [1.82, 2.24) is 0 Å². The van der Waals surface area contributed by atoms with Gasteiger partial charge in [-0.05, 0) is 24.6 Å². The Kier molecular flexibility index (Phi) is 4.16. The molecular formula is C12H18N2O. The van der Waals surface area contributed by atoms with Gasteiger partial charge >= 0.3 is 0 Å². The van der Waals surface area contributed by atoms with Gasteiger partial charge in [0, 0.05) is 24.3 Å². The third-order valence-corrected chi connectivity index (χ3v) is 2.23. The van der Waals surface area contributed by atoms with Crippen LogP contribution in [0.25, 0.3) is 0 Å². The Morgan fingerprint density at radius 1 is 1.40 bits per heavy atom. The number of carbonyl (C=O) groups is 1. The molecule has 0 aliphatic heterocycles. The minimum atomic E-state index is 0.141. The lowest BCUT2D eigenvalue weighted by molar-refractivity contribution is -0.118. The molecule has 3 nitrogen and oxygen atoms in total. The van der Waals surface area contributed by atoms with Crippen molar-refractivity contribution in [2.75, 3.05) is 17.2 Å². The van der Waals surface area contributed by atoms with E-state index >= 15 is 0 Å². The molecule has 0 heterocycles. The summed E-state index contributed by atoms with van der Waals surface area (Å²) in [5, 5.41) is 0. The molecule has 15 heavy (non-hydrogen) atoms. The average Bonchev–Trinajstić information content (AvgIpc) is 2.25. The summed E-state index contributed by atoms with van der Waals surface area (Å²) in [7, 11) is 0. The van der Waals surface area contributed by atoms with E-state index in [1.165, 1.54) is 0 Å². The largest absolute Gasteiger partial charge is 0.399 e. The fourth-order valence-electron chi connectivity index (χ4n) is 1.50. The number of hydrogen-bond acceptors (Lipinski definition) is 2. The number of amides is 1. The molecule has 0 bridgehead atoms. The van der Waals surface area contributed by atoms with Crippen molar-refractivity contribution >= 4 is 17.3 Å². The molecule has 0 unspecified atom stereocenters. The van der Waals surface area contributed by atoms with E-state index in [4.69, 9.17) is 5.73 Å². The van der Waals surface area contributed by atoms with E-state index in [0.717, 1.165) is 18.7 Å². The molecule has 0 saturated heterocycles. The van der Waals surface area contributed by atoms with Gasteiger partial charge in [0.2, 0.25) is 5.91 Å². The zero-order valence-corrected chi connectivity index (χ0v) is 9.36. The van der Waals surface area contributed by atoms with Gasteiger partial charge in [-0.1, -0.05) is 19.9 Å². The first-order chi connectivity index (χ1) is 7.19. The molecule has 82 valence electrons. The van der Waals surface area contributed by atoms with Crippen LogP contribution in [0.1, 0.15) is 26.7 Å². The first kappa shape index (κ1) is 11.6. The Balaban J connectivity index is 2.93. The molecule has 1 rings (SSSR count). The van der Waals surface area contributed by atoms with E-state index in [1.807, 2.05) is 31.2 Å². The number of nitrogens with zero attached hydrogens (tertiary/aromatic N) is 1. The lowest BCUT2D eigenvalue weighted by Crippen LogP contribution is -2.30. The highest BCUT2D eigenvalue weighted by atomic mass is 16.2. The van der Waals surface area contributed by atoms with Crippen molar-refractivity contribution in [2.45, 2.75) is 26.7 Å². The van der Waals surface area contributed by atoms with Gasteiger partial charge in [0.05, 0.1) is 0 Å². The van der Waals surface area contributed by atoms with Crippen LogP contribution in [0.15, 0.2) is 24.3 Å². The van der Waals surface area contributed by atoms with Crippen LogP contribution in [-0.4, -0.2) is 12.5 Å². The Hall–Kier alpha value is -1.51. The standard InChI is InChI=1S/C12H18N2O/c1-3-8-14(12(15)4-2)11-7-5-6-10(13)9-11/h5-7,9H,3-4,8,13H2,1-2H3. The zero-order valence-electron chi connectivity index (χ0n) is 9.36. The van der Waals surface area contributed by atoms with E-state index in [-0.39, 0.29) is 5.91 Å². The number of benzene rings is 1. The van der Waals surface area contributed by atoms with Crippen LogP contribution >= 0.6 is 0 Å². The normalized spacial score (nSPS) is 10.0. The Morgan fingerprint density at radius 2 is 2.13 bits per heavy atom. The number of hydrogen-bond donors (Lipinski definition) is 1. The van der Waals surface area contributed by atoms with Crippen molar-refractivity contribution in [2.24, 2.45) is 0 Å². The van der Waals surface area contributed by atoms with Gasteiger partial charge in [0.25, 0.3) is 0 Å². The highest BCUT2D eigenvalue weighted by Gasteiger charge is 2.12. The van der Waals surface area contributed by atoms with Crippen LogP contribution in [0.4, 0.5) is 11.4 Å². The molecule has 2 N–H and O–H groups in total. The maximum atomic E-state index is 11.7. The molecule has 1 aromatic rings. The first-order valence-electron chi connectivity index (χ1n) is 5.35. The lowest BCUT2D eigenvalue weighted by atomic mass is 10.2. The third kappa shape index (κ3) is 2.98. The van der Waals surface area contributed by atoms with Crippen LogP contribution < -0.4 is 10.6 Å². The Morgan fingerprint density at radius 3 is 2.67 bits per heavy atom. The minimum Gasteiger partial charge on any atom is -0.399 e. The Labute approximate surface area is 90.9 Å². The highest BCUT2D eigenvalue weighted by Crippen LogP contribution is 2.18. The van der Waals surface area contributed by atoms with E-state index in [9.17, 15) is 4.79 Å². The van der Waals surface area contributed by atoms with Crippen LogP contribution in [0.5, 0.6) is 0 Å². The molecule has 0 radical (unpaired) electrons. The second-order valence-electron chi connectivity index (χ2n) is 3.49. The highest BCUT2D eigenvalue weighted by molar-refractivity contribution is 5.93. The van der Waals surface area contributed by atoms with Gasteiger partial charge in [-0.3, -0.25) is 4.79 Å². The van der Waals surface area contributed by atoms with Gasteiger partial charge < -0.3 is 10.6 Å². The SMILES string of the molecule is CCCN(C(=O)CC)c1cccc(N)c1. The number of nitrogens with two attached hydrogens (primary N) is 1. The average molecular weight is 206 g/mol. The molecule has 0 spiro atoms. The topological polar surface area (TPSA) is 46.3 Å². The predicted octanol–water partition coefficient (Wildman–Crippen LogP) is 2.42. The lowest BCUT2D eigenvalue weighted by Gasteiger charge is -2.21.